The van der Waals surface area contributed by atoms with E-state index < -0.39 is 0 Å². The van der Waals surface area contributed by atoms with Gasteiger partial charge in [-0.25, -0.2) is 4.99 Å². The molecule has 0 aliphatic carbocycles. The number of benzene rings is 1. The van der Waals surface area contributed by atoms with E-state index in [1.807, 2.05) is 13.0 Å². The number of aliphatic imine (C=N–C) groups is 1. The molecule has 24 heavy (non-hydrogen) atoms. The van der Waals surface area contributed by atoms with Crippen molar-refractivity contribution in [2.24, 2.45) is 4.99 Å². The lowest BCUT2D eigenvalue weighted by Crippen LogP contribution is -2.44. The van der Waals surface area contributed by atoms with E-state index in [-0.39, 0.29) is 10.6 Å². The Labute approximate surface area is 143 Å². The molecular formula is C17H27N5O2. The predicted molar refractivity (Wildman–Crippen MR) is 96.2 cm³/mol. The molecule has 1 aromatic carbocycles. The zero-order valence-corrected chi connectivity index (χ0v) is 14.5. The third-order valence-corrected chi connectivity index (χ3v) is 4.30. The predicted octanol–water partition coefficient (Wildman–Crippen LogP) is 2.13. The van der Waals surface area contributed by atoms with Crippen molar-refractivity contribution >= 4 is 11.6 Å². The van der Waals surface area contributed by atoms with Crippen LogP contribution in [0.3, 0.4) is 0 Å². The first-order valence-corrected chi connectivity index (χ1v) is 8.63. The van der Waals surface area contributed by atoms with Crippen LogP contribution in [0, 0.1) is 10.1 Å². The van der Waals surface area contributed by atoms with Crippen LogP contribution in [0.1, 0.15) is 32.3 Å². The van der Waals surface area contributed by atoms with Gasteiger partial charge >= 0.3 is 0 Å². The third-order valence-electron chi connectivity index (χ3n) is 4.30. The number of non-ortho nitro benzene ring substituents is 1. The van der Waals surface area contributed by atoms with Gasteiger partial charge in [0.15, 0.2) is 5.96 Å². The Morgan fingerprint density at radius 3 is 2.96 bits per heavy atom. The van der Waals surface area contributed by atoms with E-state index >= 15 is 0 Å². The Morgan fingerprint density at radius 1 is 1.42 bits per heavy atom. The van der Waals surface area contributed by atoms with Gasteiger partial charge in [-0.15, -0.1) is 0 Å². The van der Waals surface area contributed by atoms with Gasteiger partial charge in [0.1, 0.15) is 0 Å². The molecule has 1 aliphatic heterocycles. The summed E-state index contributed by atoms with van der Waals surface area (Å²) in [7, 11) is 0. The minimum absolute atomic E-state index is 0.102. The summed E-state index contributed by atoms with van der Waals surface area (Å²) in [6.07, 6.45) is 2.46. The Kier molecular flexibility index (Phi) is 6.99. The number of hydrogen-bond acceptors (Lipinski definition) is 4. The molecule has 0 amide bonds. The molecule has 1 atom stereocenters. The van der Waals surface area contributed by atoms with Crippen LogP contribution in [0.25, 0.3) is 0 Å². The largest absolute Gasteiger partial charge is 0.357 e. The van der Waals surface area contributed by atoms with E-state index in [1.165, 1.54) is 25.5 Å². The van der Waals surface area contributed by atoms with Gasteiger partial charge in [0.05, 0.1) is 11.5 Å². The summed E-state index contributed by atoms with van der Waals surface area (Å²) in [6.45, 7) is 8.53. The van der Waals surface area contributed by atoms with Gasteiger partial charge in [0, 0.05) is 31.3 Å². The van der Waals surface area contributed by atoms with Crippen molar-refractivity contribution in [3.05, 3.63) is 39.9 Å². The molecule has 1 fully saturated rings. The maximum absolute atomic E-state index is 10.8. The summed E-state index contributed by atoms with van der Waals surface area (Å²) in [5.74, 6) is 0.756. The van der Waals surface area contributed by atoms with Crippen LogP contribution in [0.2, 0.25) is 0 Å². The van der Waals surface area contributed by atoms with Crippen molar-refractivity contribution in [3.63, 3.8) is 0 Å². The quantitative estimate of drug-likeness (QED) is 0.346. The Hall–Kier alpha value is -2.15. The van der Waals surface area contributed by atoms with Gasteiger partial charge in [-0.2, -0.15) is 0 Å². The second-order valence-corrected chi connectivity index (χ2v) is 5.93. The Bertz CT molecular complexity index is 576. The van der Waals surface area contributed by atoms with E-state index in [2.05, 4.69) is 27.4 Å². The zero-order valence-electron chi connectivity index (χ0n) is 14.5. The first kappa shape index (κ1) is 18.2. The third kappa shape index (κ3) is 5.19. The minimum atomic E-state index is -0.379. The van der Waals surface area contributed by atoms with E-state index in [0.29, 0.717) is 12.6 Å². The number of likely N-dealkylation sites (tertiary alicyclic amines) is 1. The van der Waals surface area contributed by atoms with Crippen LogP contribution in [0.4, 0.5) is 5.69 Å². The molecule has 1 heterocycles. The van der Waals surface area contributed by atoms with Gasteiger partial charge in [-0.1, -0.05) is 19.1 Å². The van der Waals surface area contributed by atoms with Gasteiger partial charge in [-0.05, 0) is 38.4 Å². The SMILES string of the molecule is CCNC(=NCc1cccc([N+](=O)[O-])c1)NCC1CCCN1CC. The highest BCUT2D eigenvalue weighted by molar-refractivity contribution is 5.79. The van der Waals surface area contributed by atoms with Crippen LogP contribution in [-0.4, -0.2) is 48.0 Å². The molecule has 7 nitrogen and oxygen atoms in total. The maximum Gasteiger partial charge on any atom is 0.269 e. The smallest absolute Gasteiger partial charge is 0.269 e. The fourth-order valence-electron chi connectivity index (χ4n) is 3.04. The number of nitrogens with one attached hydrogen (secondary N) is 2. The summed E-state index contributed by atoms with van der Waals surface area (Å²) < 4.78 is 0. The van der Waals surface area contributed by atoms with Crippen molar-refractivity contribution in [1.29, 1.82) is 0 Å². The number of guanidine groups is 1. The Balaban J connectivity index is 1.95. The average Bonchev–Trinajstić information content (AvgIpc) is 3.05. The molecule has 7 heteroatoms. The van der Waals surface area contributed by atoms with Crippen molar-refractivity contribution < 1.29 is 4.92 Å². The van der Waals surface area contributed by atoms with Crippen molar-refractivity contribution in [3.8, 4) is 0 Å². The molecule has 1 saturated heterocycles. The molecule has 1 aromatic rings. The van der Waals surface area contributed by atoms with Gasteiger partial charge in [-0.3, -0.25) is 15.0 Å². The molecule has 0 aromatic heterocycles. The number of rotatable bonds is 7. The summed E-state index contributed by atoms with van der Waals surface area (Å²) in [6, 6.07) is 7.17. The van der Waals surface area contributed by atoms with Crippen LogP contribution < -0.4 is 10.6 Å². The van der Waals surface area contributed by atoms with Crippen LogP contribution in [0.5, 0.6) is 0 Å². The maximum atomic E-state index is 10.8. The fourth-order valence-corrected chi connectivity index (χ4v) is 3.04. The summed E-state index contributed by atoms with van der Waals surface area (Å²) in [4.78, 5) is 17.5. The van der Waals surface area contributed by atoms with E-state index in [1.54, 1.807) is 12.1 Å². The highest BCUT2D eigenvalue weighted by Crippen LogP contribution is 2.16. The highest BCUT2D eigenvalue weighted by atomic mass is 16.6. The van der Waals surface area contributed by atoms with Gasteiger partial charge in [0.25, 0.3) is 5.69 Å². The Morgan fingerprint density at radius 2 is 2.25 bits per heavy atom. The lowest BCUT2D eigenvalue weighted by atomic mass is 10.2. The summed E-state index contributed by atoms with van der Waals surface area (Å²) in [5, 5.41) is 17.5. The van der Waals surface area contributed by atoms with Gasteiger partial charge in [0.2, 0.25) is 0 Å². The topological polar surface area (TPSA) is 82.8 Å². The molecule has 2 N–H and O–H groups in total. The van der Waals surface area contributed by atoms with Crippen molar-refractivity contribution in [1.82, 2.24) is 15.5 Å². The second kappa shape index (κ2) is 9.22. The highest BCUT2D eigenvalue weighted by Gasteiger charge is 2.22. The zero-order chi connectivity index (χ0) is 17.4. The molecular weight excluding hydrogens is 306 g/mol. The lowest BCUT2D eigenvalue weighted by Gasteiger charge is -2.24. The fraction of sp³-hybridized carbons (Fsp3) is 0.588. The van der Waals surface area contributed by atoms with Crippen molar-refractivity contribution in [2.75, 3.05) is 26.2 Å². The normalized spacial score (nSPS) is 18.6. The van der Waals surface area contributed by atoms with Crippen molar-refractivity contribution in [2.45, 2.75) is 39.3 Å². The number of nitrogens with zero attached hydrogens (tertiary/aromatic N) is 3. The van der Waals surface area contributed by atoms with Crippen LogP contribution in [0.15, 0.2) is 29.3 Å². The molecule has 0 bridgehead atoms. The van der Waals surface area contributed by atoms with E-state index in [4.69, 9.17) is 0 Å². The second-order valence-electron chi connectivity index (χ2n) is 5.93. The molecule has 0 saturated carbocycles. The molecule has 0 spiro atoms. The molecule has 1 unspecified atom stereocenters. The molecule has 132 valence electrons. The van der Waals surface area contributed by atoms with E-state index in [0.717, 1.165) is 31.2 Å². The standard InChI is InChI=1S/C17H27N5O2/c1-3-18-17(20-13-16-9-6-10-21(16)4-2)19-12-14-7-5-8-15(11-14)22(23)24/h5,7-8,11,16H,3-4,6,9-10,12-13H2,1-2H3,(H2,18,19,20). The monoisotopic (exact) mass is 333 g/mol. The molecule has 0 radical (unpaired) electrons. The van der Waals surface area contributed by atoms with Crippen LogP contribution >= 0.6 is 0 Å². The van der Waals surface area contributed by atoms with Gasteiger partial charge < -0.3 is 10.6 Å². The first-order chi connectivity index (χ1) is 11.6. The molecule has 1 aliphatic rings. The average molecular weight is 333 g/mol. The lowest BCUT2D eigenvalue weighted by molar-refractivity contribution is -0.384. The summed E-state index contributed by atoms with van der Waals surface area (Å²) >= 11 is 0. The first-order valence-electron chi connectivity index (χ1n) is 8.63. The number of nitro groups is 1. The summed E-state index contributed by atoms with van der Waals surface area (Å²) in [5.41, 5.74) is 0.933. The number of nitro benzene ring substituents is 1. The molecule has 2 rings (SSSR count). The number of likely N-dealkylation sites (N-methyl/N-ethyl adjacent to an activating group) is 1. The van der Waals surface area contributed by atoms with E-state index in [9.17, 15) is 10.1 Å². The minimum Gasteiger partial charge on any atom is -0.357 e. The number of hydrogen-bond donors (Lipinski definition) is 2. The van der Waals surface area contributed by atoms with Crippen LogP contribution in [-0.2, 0) is 6.54 Å².